The second-order valence-electron chi connectivity index (χ2n) is 7.71. The van der Waals surface area contributed by atoms with E-state index in [1.165, 1.54) is 0 Å². The third kappa shape index (κ3) is 4.62. The lowest BCUT2D eigenvalue weighted by Gasteiger charge is -2.26. The number of benzene rings is 2. The molecule has 0 spiro atoms. The van der Waals surface area contributed by atoms with Crippen molar-refractivity contribution in [2.75, 3.05) is 16.8 Å². The average molecular weight is 471 g/mol. The van der Waals surface area contributed by atoms with Gasteiger partial charge in [0.2, 0.25) is 0 Å². The maximum absolute atomic E-state index is 12.3. The molecule has 0 unspecified atom stereocenters. The second-order valence-corrected chi connectivity index (χ2v) is 8.10. The first kappa shape index (κ1) is 21.7. The van der Waals surface area contributed by atoms with Crippen molar-refractivity contribution < 1.29 is 13.9 Å². The lowest BCUT2D eigenvalue weighted by molar-refractivity contribution is -0.118. The molecule has 4 aromatic rings. The predicted molar refractivity (Wildman–Crippen MR) is 134 cm³/mol. The summed E-state index contributed by atoms with van der Waals surface area (Å²) in [5, 5.41) is 6.81. The van der Waals surface area contributed by atoms with Crippen molar-refractivity contribution in [3.63, 3.8) is 0 Å². The molecule has 1 aliphatic rings. The molecule has 1 amide bonds. The molecule has 1 fully saturated rings. The van der Waals surface area contributed by atoms with Gasteiger partial charge in [0.15, 0.2) is 11.7 Å². The normalized spacial score (nSPS) is 17.3. The van der Waals surface area contributed by atoms with Gasteiger partial charge >= 0.3 is 0 Å². The summed E-state index contributed by atoms with van der Waals surface area (Å²) in [7, 11) is 0. The third-order valence-electron chi connectivity index (χ3n) is 5.48. The molecule has 7 nitrogen and oxygen atoms in total. The summed E-state index contributed by atoms with van der Waals surface area (Å²) in [6.45, 7) is -0.0712. The highest BCUT2D eigenvalue weighted by Crippen LogP contribution is 2.41. The molecule has 2 aromatic carbocycles. The van der Waals surface area contributed by atoms with E-state index in [0.29, 0.717) is 16.5 Å². The van der Waals surface area contributed by atoms with Gasteiger partial charge in [-0.25, -0.2) is 0 Å². The zero-order valence-electron chi connectivity index (χ0n) is 18.1. The van der Waals surface area contributed by atoms with Crippen molar-refractivity contribution in [3.05, 3.63) is 109 Å². The summed E-state index contributed by atoms with van der Waals surface area (Å²) in [5.41, 5.74) is 2.41. The molecule has 2 N–H and O–H groups in total. The number of pyridine rings is 1. The molecular formula is C26H22N4O3S. The first-order valence-corrected chi connectivity index (χ1v) is 11.2. The van der Waals surface area contributed by atoms with Crippen LogP contribution in [0.4, 0.5) is 11.4 Å². The Morgan fingerprint density at radius 3 is 2.53 bits per heavy atom. The number of furan rings is 1. The number of nitrogens with one attached hydrogen (secondary N) is 2. The molecule has 8 heteroatoms. The van der Waals surface area contributed by atoms with Gasteiger partial charge < -0.3 is 24.7 Å². The van der Waals surface area contributed by atoms with Crippen LogP contribution in [0, 0.1) is 0 Å². The molecule has 2 atom stereocenters. The lowest BCUT2D eigenvalue weighted by Crippen LogP contribution is -2.29. The topological polar surface area (TPSA) is 79.6 Å². The summed E-state index contributed by atoms with van der Waals surface area (Å²) < 4.78 is 11.3. The predicted octanol–water partition coefficient (Wildman–Crippen LogP) is 4.87. The van der Waals surface area contributed by atoms with E-state index in [9.17, 15) is 4.79 Å². The highest BCUT2D eigenvalue weighted by Gasteiger charge is 2.42. The molecule has 170 valence electrons. The van der Waals surface area contributed by atoms with Gasteiger partial charge in [-0.2, -0.15) is 0 Å². The van der Waals surface area contributed by atoms with E-state index in [-0.39, 0.29) is 24.6 Å². The van der Waals surface area contributed by atoms with Gasteiger partial charge in [-0.1, -0.05) is 24.3 Å². The average Bonchev–Trinajstić information content (AvgIpc) is 3.52. The zero-order valence-corrected chi connectivity index (χ0v) is 18.9. The Labute approximate surface area is 202 Å². The number of thiocarbonyl (C=S) groups is 1. The molecule has 0 bridgehead atoms. The van der Waals surface area contributed by atoms with E-state index in [4.69, 9.17) is 21.4 Å². The number of aromatic nitrogens is 1. The van der Waals surface area contributed by atoms with Crippen molar-refractivity contribution in [3.8, 4) is 5.75 Å². The molecule has 2 aromatic heterocycles. The molecule has 0 aliphatic carbocycles. The largest absolute Gasteiger partial charge is 0.484 e. The van der Waals surface area contributed by atoms with Gasteiger partial charge in [0, 0.05) is 17.6 Å². The van der Waals surface area contributed by atoms with E-state index in [2.05, 4.69) is 15.6 Å². The monoisotopic (exact) mass is 470 g/mol. The minimum atomic E-state index is -0.237. The van der Waals surface area contributed by atoms with Crippen LogP contribution in [0.15, 0.2) is 102 Å². The maximum atomic E-state index is 12.3. The van der Waals surface area contributed by atoms with Crippen molar-refractivity contribution in [2.45, 2.75) is 12.1 Å². The fourth-order valence-corrected chi connectivity index (χ4v) is 4.30. The number of carbonyl (C=O) groups is 1. The van der Waals surface area contributed by atoms with Crippen LogP contribution in [0.25, 0.3) is 0 Å². The number of rotatable bonds is 7. The Hall–Kier alpha value is -4.17. The van der Waals surface area contributed by atoms with Crippen LogP contribution in [0.3, 0.4) is 0 Å². The van der Waals surface area contributed by atoms with Gasteiger partial charge in [0.05, 0.1) is 18.0 Å². The van der Waals surface area contributed by atoms with Crippen LogP contribution < -0.4 is 20.3 Å². The highest BCUT2D eigenvalue weighted by atomic mass is 32.1. The summed E-state index contributed by atoms with van der Waals surface area (Å²) in [5.74, 6) is 1.19. The van der Waals surface area contributed by atoms with Gasteiger partial charge in [0.25, 0.3) is 5.91 Å². The third-order valence-corrected chi connectivity index (χ3v) is 5.79. The smallest absolute Gasteiger partial charge is 0.262 e. The van der Waals surface area contributed by atoms with Crippen molar-refractivity contribution in [1.29, 1.82) is 0 Å². The molecule has 34 heavy (non-hydrogen) atoms. The van der Waals surface area contributed by atoms with Crippen LogP contribution in [-0.2, 0) is 4.79 Å². The molecule has 1 aliphatic heterocycles. The first-order valence-electron chi connectivity index (χ1n) is 10.8. The van der Waals surface area contributed by atoms with Crippen LogP contribution in [0.2, 0.25) is 0 Å². The molecule has 5 rings (SSSR count). The van der Waals surface area contributed by atoms with E-state index >= 15 is 0 Å². The number of nitrogens with zero attached hydrogens (tertiary/aromatic N) is 2. The Bertz CT molecular complexity index is 1250. The lowest BCUT2D eigenvalue weighted by atomic mass is 10.0. The summed E-state index contributed by atoms with van der Waals surface area (Å²) in [4.78, 5) is 18.8. The molecule has 3 heterocycles. The van der Waals surface area contributed by atoms with Gasteiger partial charge in [-0.3, -0.25) is 9.78 Å². The minimum absolute atomic E-state index is 0.0712. The van der Waals surface area contributed by atoms with Gasteiger partial charge in [0.1, 0.15) is 17.6 Å². The quantitative estimate of drug-likeness (QED) is 0.373. The fraction of sp³-hybridized carbons (Fsp3) is 0.115. The number of ether oxygens (including phenoxy) is 1. The molecule has 1 saturated heterocycles. The zero-order chi connectivity index (χ0) is 23.3. The Morgan fingerprint density at radius 1 is 1.03 bits per heavy atom. The number of carbonyl (C=O) groups excluding carboxylic acids is 1. The van der Waals surface area contributed by atoms with Crippen LogP contribution in [0.1, 0.15) is 23.5 Å². The van der Waals surface area contributed by atoms with Crippen molar-refractivity contribution in [1.82, 2.24) is 10.3 Å². The van der Waals surface area contributed by atoms with Gasteiger partial charge in [-0.15, -0.1) is 0 Å². The number of anilines is 2. The maximum Gasteiger partial charge on any atom is 0.262 e. The van der Waals surface area contributed by atoms with Crippen LogP contribution in [0.5, 0.6) is 5.75 Å². The number of amides is 1. The van der Waals surface area contributed by atoms with E-state index in [0.717, 1.165) is 17.1 Å². The number of hydrogen-bond donors (Lipinski definition) is 2. The van der Waals surface area contributed by atoms with E-state index in [1.54, 1.807) is 12.5 Å². The van der Waals surface area contributed by atoms with Crippen molar-refractivity contribution in [2.24, 2.45) is 0 Å². The standard InChI is InChI=1S/C26H22N4O3S/c31-23(17-33-20-7-2-1-3-8-20)28-18-11-13-19(14-12-18)30-25(22-10-6-16-32-22)24(29-26(30)34)21-9-4-5-15-27-21/h1-16,24-25H,17H2,(H,28,31)(H,29,34)/t24-,25-/m1/s1. The fourth-order valence-electron chi connectivity index (χ4n) is 3.95. The summed E-state index contributed by atoms with van der Waals surface area (Å²) in [6.07, 6.45) is 3.42. The van der Waals surface area contributed by atoms with Crippen LogP contribution in [-0.4, -0.2) is 22.6 Å². The van der Waals surface area contributed by atoms with Crippen LogP contribution >= 0.6 is 12.2 Å². The molecular weight excluding hydrogens is 448 g/mol. The van der Waals surface area contributed by atoms with E-state index < -0.39 is 0 Å². The van der Waals surface area contributed by atoms with E-state index in [1.807, 2.05) is 89.8 Å². The molecule has 0 saturated carbocycles. The number of para-hydroxylation sites is 1. The highest BCUT2D eigenvalue weighted by molar-refractivity contribution is 7.80. The molecule has 0 radical (unpaired) electrons. The first-order chi connectivity index (χ1) is 16.7. The summed E-state index contributed by atoms with van der Waals surface area (Å²) >= 11 is 5.69. The SMILES string of the molecule is O=C(COc1ccccc1)Nc1ccc(N2C(=S)N[C@H](c3ccccn3)[C@H]2c2ccco2)cc1. The Kier molecular flexibility index (Phi) is 6.22. The van der Waals surface area contributed by atoms with Crippen molar-refractivity contribution >= 4 is 34.6 Å². The minimum Gasteiger partial charge on any atom is -0.484 e. The Balaban J connectivity index is 1.32. The second kappa shape index (κ2) is 9.76. The Morgan fingerprint density at radius 2 is 1.82 bits per heavy atom. The van der Waals surface area contributed by atoms with Gasteiger partial charge in [-0.05, 0) is 72.9 Å². The number of hydrogen-bond acceptors (Lipinski definition) is 5. The summed E-state index contributed by atoms with van der Waals surface area (Å²) in [6, 6.07) is 26.0.